The maximum Gasteiger partial charge on any atom is 0.236 e. The normalized spacial score (nSPS) is 12.4. The first-order valence-electron chi connectivity index (χ1n) is 11.2. The van der Waals surface area contributed by atoms with Crippen molar-refractivity contribution in [3.8, 4) is 0 Å². The maximum absolute atomic E-state index is 13.2. The summed E-state index contributed by atoms with van der Waals surface area (Å²) in [5.41, 5.74) is 8.71. The van der Waals surface area contributed by atoms with Crippen LogP contribution in [0.15, 0.2) is 78.9 Å². The Labute approximate surface area is 205 Å². The predicted molar refractivity (Wildman–Crippen MR) is 137 cm³/mol. The number of nitrogen functional groups attached to an aromatic ring is 1. The molecule has 2 unspecified atom stereocenters. The van der Waals surface area contributed by atoms with E-state index in [4.69, 9.17) is 22.7 Å². The summed E-state index contributed by atoms with van der Waals surface area (Å²) in [4.78, 5) is 26.3. The number of hydrogen-bond donors (Lipinski definition) is 4. The Bertz CT molecular complexity index is 1120. The second kappa shape index (κ2) is 12.0. The zero-order chi connectivity index (χ0) is 24.5. The van der Waals surface area contributed by atoms with Gasteiger partial charge in [-0.2, -0.15) is 0 Å². The van der Waals surface area contributed by atoms with Crippen LogP contribution in [0.5, 0.6) is 0 Å². The quantitative estimate of drug-likeness (QED) is 0.196. The molecule has 0 aliphatic rings. The summed E-state index contributed by atoms with van der Waals surface area (Å²) < 4.78 is 0. The fourth-order valence-electron chi connectivity index (χ4n) is 3.67. The number of halogens is 1. The molecule has 176 valence electrons. The summed E-state index contributed by atoms with van der Waals surface area (Å²) in [6.07, 6.45) is 1.60. The van der Waals surface area contributed by atoms with Crippen molar-refractivity contribution in [2.24, 2.45) is 11.7 Å². The number of rotatable bonds is 10. The molecule has 5 N–H and O–H groups in total. The third kappa shape index (κ3) is 7.46. The number of nitrogens with two attached hydrogens (primary N) is 1. The maximum atomic E-state index is 13.2. The second-order valence-electron chi connectivity index (χ2n) is 8.30. The number of carbonyl (C=O) groups is 2. The highest BCUT2D eigenvalue weighted by atomic mass is 35.5. The number of aryl methyl sites for hydroxylation is 1. The lowest BCUT2D eigenvalue weighted by atomic mass is 9.96. The van der Waals surface area contributed by atoms with Gasteiger partial charge in [-0.05, 0) is 73.7 Å². The first-order chi connectivity index (χ1) is 16.3. The minimum Gasteiger partial charge on any atom is -0.384 e. The van der Waals surface area contributed by atoms with Gasteiger partial charge in [0.25, 0.3) is 0 Å². The van der Waals surface area contributed by atoms with Crippen LogP contribution in [0.4, 0.5) is 5.69 Å². The summed E-state index contributed by atoms with van der Waals surface area (Å²) in [5, 5.41) is 14.0. The molecule has 2 atom stereocenters. The molecular weight excluding hydrogens is 448 g/mol. The summed E-state index contributed by atoms with van der Waals surface area (Å²) in [6, 6.07) is 23.8. The lowest BCUT2D eigenvalue weighted by Gasteiger charge is -2.20. The standard InChI is InChI=1S/C27H29ClN4O2/c1-18(17-20-7-12-22(28)13-8-20)31-26(33)24(16-9-19-5-3-2-4-6-19)27(34)32-23-14-10-21(11-15-23)25(29)30/h2-8,10-15,18,24H,9,16-17H2,1H3,(H3,29,30)(H,31,33)(H,32,34). The van der Waals surface area contributed by atoms with Gasteiger partial charge >= 0.3 is 0 Å². The van der Waals surface area contributed by atoms with Crippen molar-refractivity contribution in [1.82, 2.24) is 5.32 Å². The molecule has 3 aromatic carbocycles. The van der Waals surface area contributed by atoms with Gasteiger partial charge in [-0.3, -0.25) is 15.0 Å². The van der Waals surface area contributed by atoms with Gasteiger partial charge < -0.3 is 16.4 Å². The molecule has 0 spiro atoms. The molecule has 0 saturated carbocycles. The van der Waals surface area contributed by atoms with Crippen molar-refractivity contribution in [3.63, 3.8) is 0 Å². The van der Waals surface area contributed by atoms with E-state index in [0.717, 1.165) is 11.1 Å². The average Bonchev–Trinajstić information content (AvgIpc) is 2.81. The SMILES string of the molecule is CC(Cc1ccc(Cl)cc1)NC(=O)C(CCc1ccccc1)C(=O)Nc1ccc(C(=N)N)cc1. The van der Waals surface area contributed by atoms with Gasteiger partial charge in [-0.25, -0.2) is 0 Å². The van der Waals surface area contributed by atoms with Gasteiger partial charge in [-0.1, -0.05) is 54.1 Å². The van der Waals surface area contributed by atoms with Crippen LogP contribution in [0, 0.1) is 11.3 Å². The molecule has 0 bridgehead atoms. The highest BCUT2D eigenvalue weighted by Crippen LogP contribution is 2.17. The van der Waals surface area contributed by atoms with Crippen LogP contribution in [0.2, 0.25) is 5.02 Å². The molecule has 0 radical (unpaired) electrons. The van der Waals surface area contributed by atoms with Crippen LogP contribution in [0.3, 0.4) is 0 Å². The summed E-state index contributed by atoms with van der Waals surface area (Å²) in [6.45, 7) is 1.92. The topological polar surface area (TPSA) is 108 Å². The Morgan fingerprint density at radius 1 is 0.912 bits per heavy atom. The third-order valence-electron chi connectivity index (χ3n) is 5.50. The molecule has 0 aliphatic carbocycles. The van der Waals surface area contributed by atoms with E-state index in [1.165, 1.54) is 0 Å². The molecule has 0 saturated heterocycles. The Morgan fingerprint density at radius 2 is 1.56 bits per heavy atom. The van der Waals surface area contributed by atoms with Crippen LogP contribution in [-0.2, 0) is 22.4 Å². The predicted octanol–water partition coefficient (Wildman–Crippen LogP) is 4.56. The molecule has 3 rings (SSSR count). The minimum absolute atomic E-state index is 0.0485. The van der Waals surface area contributed by atoms with Gasteiger partial charge in [0.2, 0.25) is 11.8 Å². The van der Waals surface area contributed by atoms with Crippen molar-refractivity contribution in [1.29, 1.82) is 5.41 Å². The Hall–Kier alpha value is -3.64. The van der Waals surface area contributed by atoms with Gasteiger partial charge in [0.1, 0.15) is 11.8 Å². The molecule has 7 heteroatoms. The second-order valence-corrected chi connectivity index (χ2v) is 8.73. The number of nitrogens with one attached hydrogen (secondary N) is 3. The molecule has 34 heavy (non-hydrogen) atoms. The lowest BCUT2D eigenvalue weighted by molar-refractivity contribution is -0.133. The van der Waals surface area contributed by atoms with Crippen LogP contribution in [-0.4, -0.2) is 23.7 Å². The van der Waals surface area contributed by atoms with Crippen molar-refractivity contribution in [2.75, 3.05) is 5.32 Å². The Balaban J connectivity index is 1.69. The Kier molecular flexibility index (Phi) is 8.82. The van der Waals surface area contributed by atoms with E-state index < -0.39 is 5.92 Å². The Morgan fingerprint density at radius 3 is 2.18 bits per heavy atom. The zero-order valence-corrected chi connectivity index (χ0v) is 19.8. The zero-order valence-electron chi connectivity index (χ0n) is 19.1. The molecule has 0 heterocycles. The number of carbonyl (C=O) groups excluding carboxylic acids is 2. The summed E-state index contributed by atoms with van der Waals surface area (Å²) in [5.74, 6) is -1.59. The average molecular weight is 477 g/mol. The number of amidine groups is 1. The van der Waals surface area contributed by atoms with Crippen molar-refractivity contribution in [2.45, 2.75) is 32.2 Å². The van der Waals surface area contributed by atoms with E-state index in [-0.39, 0.29) is 23.7 Å². The summed E-state index contributed by atoms with van der Waals surface area (Å²) in [7, 11) is 0. The largest absolute Gasteiger partial charge is 0.384 e. The van der Waals surface area contributed by atoms with E-state index in [0.29, 0.717) is 35.5 Å². The van der Waals surface area contributed by atoms with E-state index in [2.05, 4.69) is 10.6 Å². The number of benzene rings is 3. The molecule has 0 fully saturated rings. The summed E-state index contributed by atoms with van der Waals surface area (Å²) >= 11 is 5.95. The smallest absolute Gasteiger partial charge is 0.236 e. The van der Waals surface area contributed by atoms with E-state index in [1.54, 1.807) is 24.3 Å². The minimum atomic E-state index is -0.861. The highest BCUT2D eigenvalue weighted by Gasteiger charge is 2.27. The molecular formula is C27H29ClN4O2. The van der Waals surface area contributed by atoms with Crippen molar-refractivity contribution in [3.05, 3.63) is 101 Å². The fourth-order valence-corrected chi connectivity index (χ4v) is 3.79. The van der Waals surface area contributed by atoms with Gasteiger partial charge in [-0.15, -0.1) is 0 Å². The van der Waals surface area contributed by atoms with Crippen LogP contribution in [0.1, 0.15) is 30.0 Å². The monoisotopic (exact) mass is 476 g/mol. The van der Waals surface area contributed by atoms with E-state index in [9.17, 15) is 9.59 Å². The lowest BCUT2D eigenvalue weighted by Crippen LogP contribution is -2.43. The molecule has 0 aliphatic heterocycles. The van der Waals surface area contributed by atoms with Gasteiger partial charge in [0, 0.05) is 22.3 Å². The highest BCUT2D eigenvalue weighted by molar-refractivity contribution is 6.30. The molecule has 2 amide bonds. The van der Waals surface area contributed by atoms with Crippen molar-refractivity contribution >= 4 is 34.9 Å². The third-order valence-corrected chi connectivity index (χ3v) is 5.76. The molecule has 6 nitrogen and oxygen atoms in total. The number of anilines is 1. The van der Waals surface area contributed by atoms with Crippen LogP contribution in [0.25, 0.3) is 0 Å². The van der Waals surface area contributed by atoms with Crippen molar-refractivity contribution < 1.29 is 9.59 Å². The first-order valence-corrected chi connectivity index (χ1v) is 11.5. The first kappa shape index (κ1) is 25.0. The van der Waals surface area contributed by atoms with Crippen LogP contribution < -0.4 is 16.4 Å². The number of amides is 2. The fraction of sp³-hybridized carbons (Fsp3) is 0.222. The number of hydrogen-bond acceptors (Lipinski definition) is 3. The van der Waals surface area contributed by atoms with Gasteiger partial charge in [0.05, 0.1) is 0 Å². The molecule has 3 aromatic rings. The van der Waals surface area contributed by atoms with Crippen LogP contribution >= 0.6 is 11.6 Å². The van der Waals surface area contributed by atoms with E-state index >= 15 is 0 Å². The molecule has 0 aromatic heterocycles. The van der Waals surface area contributed by atoms with E-state index in [1.807, 2.05) is 61.5 Å². The van der Waals surface area contributed by atoms with Gasteiger partial charge in [0.15, 0.2) is 0 Å².